The van der Waals surface area contributed by atoms with Crippen LogP contribution in [-0.4, -0.2) is 31.0 Å². The molecule has 5 heteroatoms. The summed E-state index contributed by atoms with van der Waals surface area (Å²) in [5.41, 5.74) is 1.18. The number of aliphatic hydroxyl groups is 1. The average Bonchev–Trinajstić information content (AvgIpc) is 2.47. The third-order valence-electron chi connectivity index (χ3n) is 4.17. The van der Waals surface area contributed by atoms with Gasteiger partial charge in [0.05, 0.1) is 10.6 Å². The van der Waals surface area contributed by atoms with Crippen LogP contribution in [0.5, 0.6) is 11.5 Å². The van der Waals surface area contributed by atoms with E-state index in [9.17, 15) is 5.11 Å². The number of hydrogen-bond donors (Lipinski definition) is 2. The normalized spacial score (nSPS) is 24.9. The molecule has 0 radical (unpaired) electrons. The van der Waals surface area contributed by atoms with Crippen LogP contribution in [0.2, 0.25) is 0 Å². The summed E-state index contributed by atoms with van der Waals surface area (Å²) in [5.74, 6) is 2.22. The zero-order valence-electron chi connectivity index (χ0n) is 12.1. The topological polar surface area (TPSA) is 50.7 Å². The maximum atomic E-state index is 9.70. The van der Waals surface area contributed by atoms with E-state index in [4.69, 9.17) is 9.47 Å². The Morgan fingerprint density at radius 1 is 1.24 bits per heavy atom. The molecule has 0 saturated heterocycles. The zero-order valence-corrected chi connectivity index (χ0v) is 13.7. The highest BCUT2D eigenvalue weighted by Crippen LogP contribution is 2.38. The Bertz CT molecular complexity index is 495. The fourth-order valence-corrected chi connectivity index (χ4v) is 3.74. The molecule has 1 heterocycles. The lowest BCUT2D eigenvalue weighted by Gasteiger charge is -2.26. The van der Waals surface area contributed by atoms with E-state index in [1.54, 1.807) is 0 Å². The van der Waals surface area contributed by atoms with E-state index in [0.717, 1.165) is 48.3 Å². The van der Waals surface area contributed by atoms with Gasteiger partial charge in [-0.25, -0.2) is 0 Å². The minimum Gasteiger partial charge on any atom is -0.486 e. The Morgan fingerprint density at radius 2 is 2.10 bits per heavy atom. The van der Waals surface area contributed by atoms with Crippen LogP contribution in [0.25, 0.3) is 0 Å². The van der Waals surface area contributed by atoms with E-state index >= 15 is 0 Å². The minimum atomic E-state index is -0.103. The van der Waals surface area contributed by atoms with Crippen molar-refractivity contribution in [1.29, 1.82) is 0 Å². The van der Waals surface area contributed by atoms with E-state index < -0.39 is 0 Å². The van der Waals surface area contributed by atoms with Crippen molar-refractivity contribution in [2.24, 2.45) is 5.92 Å². The third kappa shape index (κ3) is 3.90. The first-order valence-electron chi connectivity index (χ1n) is 7.69. The fourth-order valence-electron chi connectivity index (χ4n) is 3.13. The Hall–Kier alpha value is -0.780. The second-order valence-corrected chi connectivity index (χ2v) is 6.77. The third-order valence-corrected chi connectivity index (χ3v) is 4.76. The van der Waals surface area contributed by atoms with Gasteiger partial charge >= 0.3 is 0 Å². The number of rotatable bonds is 4. The number of nitrogens with one attached hydrogen (secondary N) is 1. The van der Waals surface area contributed by atoms with Crippen molar-refractivity contribution in [1.82, 2.24) is 5.32 Å². The summed E-state index contributed by atoms with van der Waals surface area (Å²) in [4.78, 5) is 0. The van der Waals surface area contributed by atoms with Gasteiger partial charge in [0.1, 0.15) is 13.2 Å². The molecule has 1 aliphatic carbocycles. The molecule has 2 aliphatic rings. The summed E-state index contributed by atoms with van der Waals surface area (Å²) in [6, 6.07) is 4.12. The highest BCUT2D eigenvalue weighted by molar-refractivity contribution is 9.10. The smallest absolute Gasteiger partial charge is 0.175 e. The SMILES string of the molecule is OC1CCCC(CNCc2cc(Br)c3c(c2)OCCO3)C1. The van der Waals surface area contributed by atoms with Crippen molar-refractivity contribution >= 4 is 15.9 Å². The number of hydrogen-bond acceptors (Lipinski definition) is 4. The number of ether oxygens (including phenoxy) is 2. The summed E-state index contributed by atoms with van der Waals surface area (Å²) in [6.45, 7) is 2.98. The van der Waals surface area contributed by atoms with Gasteiger partial charge in [-0.2, -0.15) is 0 Å². The average molecular weight is 356 g/mol. The van der Waals surface area contributed by atoms with E-state index in [2.05, 4.69) is 27.3 Å². The molecule has 4 nitrogen and oxygen atoms in total. The van der Waals surface area contributed by atoms with Gasteiger partial charge in [-0.05, 0) is 65.4 Å². The lowest BCUT2D eigenvalue weighted by Crippen LogP contribution is -2.29. The first-order valence-corrected chi connectivity index (χ1v) is 8.48. The van der Waals surface area contributed by atoms with E-state index in [1.165, 1.54) is 12.0 Å². The number of benzene rings is 1. The lowest BCUT2D eigenvalue weighted by atomic mass is 9.87. The number of aliphatic hydroxyl groups excluding tert-OH is 1. The second kappa shape index (κ2) is 6.99. The molecule has 1 aromatic rings. The molecule has 3 rings (SSSR count). The van der Waals surface area contributed by atoms with Crippen molar-refractivity contribution in [3.05, 3.63) is 22.2 Å². The monoisotopic (exact) mass is 355 g/mol. The molecule has 0 aromatic heterocycles. The van der Waals surface area contributed by atoms with Crippen molar-refractivity contribution in [2.45, 2.75) is 38.3 Å². The maximum Gasteiger partial charge on any atom is 0.175 e. The Morgan fingerprint density at radius 3 is 2.95 bits per heavy atom. The van der Waals surface area contributed by atoms with Gasteiger partial charge in [0.2, 0.25) is 0 Å². The van der Waals surface area contributed by atoms with E-state index in [-0.39, 0.29) is 6.10 Å². The zero-order chi connectivity index (χ0) is 14.7. The van der Waals surface area contributed by atoms with Crippen LogP contribution < -0.4 is 14.8 Å². The Balaban J connectivity index is 1.54. The van der Waals surface area contributed by atoms with Crippen LogP contribution in [0.15, 0.2) is 16.6 Å². The first kappa shape index (κ1) is 15.1. The van der Waals surface area contributed by atoms with Gasteiger partial charge in [-0.15, -0.1) is 0 Å². The van der Waals surface area contributed by atoms with Crippen molar-refractivity contribution in [3.8, 4) is 11.5 Å². The minimum absolute atomic E-state index is 0.103. The summed E-state index contributed by atoms with van der Waals surface area (Å²) in [6.07, 6.45) is 4.15. The predicted molar refractivity (Wildman–Crippen MR) is 84.8 cm³/mol. The number of halogens is 1. The molecule has 2 atom stereocenters. The predicted octanol–water partition coefficient (Wildman–Crippen LogP) is 2.86. The molecular weight excluding hydrogens is 334 g/mol. The van der Waals surface area contributed by atoms with Crippen LogP contribution >= 0.6 is 15.9 Å². The molecule has 116 valence electrons. The van der Waals surface area contributed by atoms with Crippen LogP contribution in [-0.2, 0) is 6.54 Å². The molecule has 21 heavy (non-hydrogen) atoms. The maximum absolute atomic E-state index is 9.70. The fraction of sp³-hybridized carbons (Fsp3) is 0.625. The van der Waals surface area contributed by atoms with E-state index in [0.29, 0.717) is 19.1 Å². The molecule has 1 aliphatic heterocycles. The van der Waals surface area contributed by atoms with Gasteiger partial charge in [-0.1, -0.05) is 6.42 Å². The molecule has 1 saturated carbocycles. The van der Waals surface area contributed by atoms with Crippen LogP contribution in [0.3, 0.4) is 0 Å². The van der Waals surface area contributed by atoms with Crippen molar-refractivity contribution in [3.63, 3.8) is 0 Å². The standard InChI is InChI=1S/C16H22BrNO3/c17-14-7-12(8-15-16(14)21-5-4-20-15)10-18-9-11-2-1-3-13(19)6-11/h7-8,11,13,18-19H,1-6,9-10H2. The molecule has 0 spiro atoms. The van der Waals surface area contributed by atoms with Crippen LogP contribution in [0, 0.1) is 5.92 Å². The summed E-state index contributed by atoms with van der Waals surface area (Å²) >= 11 is 3.54. The quantitative estimate of drug-likeness (QED) is 0.871. The summed E-state index contributed by atoms with van der Waals surface area (Å²) in [5, 5.41) is 13.2. The van der Waals surface area contributed by atoms with Gasteiger partial charge < -0.3 is 19.9 Å². The Labute approximate surface area is 134 Å². The summed E-state index contributed by atoms with van der Waals surface area (Å²) in [7, 11) is 0. The van der Waals surface area contributed by atoms with Crippen LogP contribution in [0.1, 0.15) is 31.2 Å². The molecule has 2 N–H and O–H groups in total. The molecule has 0 amide bonds. The van der Waals surface area contributed by atoms with Crippen LogP contribution in [0.4, 0.5) is 0 Å². The molecule has 1 fully saturated rings. The molecule has 0 bridgehead atoms. The number of fused-ring (bicyclic) bond motifs is 1. The van der Waals surface area contributed by atoms with Gasteiger partial charge in [0.25, 0.3) is 0 Å². The van der Waals surface area contributed by atoms with Crippen molar-refractivity contribution < 1.29 is 14.6 Å². The lowest BCUT2D eigenvalue weighted by molar-refractivity contribution is 0.101. The second-order valence-electron chi connectivity index (χ2n) is 5.92. The van der Waals surface area contributed by atoms with E-state index in [1.807, 2.05) is 6.07 Å². The summed E-state index contributed by atoms with van der Waals surface area (Å²) < 4.78 is 12.2. The van der Waals surface area contributed by atoms with Gasteiger partial charge in [0.15, 0.2) is 11.5 Å². The molecular formula is C16H22BrNO3. The molecule has 2 unspecified atom stereocenters. The molecule has 1 aromatic carbocycles. The highest BCUT2D eigenvalue weighted by Gasteiger charge is 2.20. The van der Waals surface area contributed by atoms with Crippen molar-refractivity contribution in [2.75, 3.05) is 19.8 Å². The van der Waals surface area contributed by atoms with Gasteiger partial charge in [0, 0.05) is 6.54 Å². The first-order chi connectivity index (χ1) is 10.2. The van der Waals surface area contributed by atoms with Gasteiger partial charge in [-0.3, -0.25) is 0 Å². The largest absolute Gasteiger partial charge is 0.486 e. The highest BCUT2D eigenvalue weighted by atomic mass is 79.9. The Kier molecular flexibility index (Phi) is 5.03.